The summed E-state index contributed by atoms with van der Waals surface area (Å²) in [4.78, 5) is 24.0. The van der Waals surface area contributed by atoms with E-state index in [2.05, 4.69) is 0 Å². The molecule has 0 bridgehead atoms. The van der Waals surface area contributed by atoms with Crippen LogP contribution in [0.2, 0.25) is 0 Å². The Morgan fingerprint density at radius 1 is 1.25 bits per heavy atom. The van der Waals surface area contributed by atoms with Crippen molar-refractivity contribution in [1.29, 1.82) is 0 Å². The fourth-order valence-electron chi connectivity index (χ4n) is 2.35. The van der Waals surface area contributed by atoms with E-state index in [4.69, 9.17) is 4.74 Å². The van der Waals surface area contributed by atoms with Crippen molar-refractivity contribution >= 4 is 22.7 Å². The van der Waals surface area contributed by atoms with E-state index in [0.717, 1.165) is 23.0 Å². The molecule has 1 heterocycles. The van der Waals surface area contributed by atoms with E-state index >= 15 is 0 Å². The zero-order chi connectivity index (χ0) is 14.7. The third kappa shape index (κ3) is 2.46. The highest BCUT2D eigenvalue weighted by atomic mass is 16.5. The van der Waals surface area contributed by atoms with Gasteiger partial charge in [-0.05, 0) is 25.8 Å². The van der Waals surface area contributed by atoms with Crippen LogP contribution in [-0.2, 0) is 16.1 Å². The molecule has 106 valence electrons. The first-order valence-corrected chi connectivity index (χ1v) is 6.90. The second-order valence-electron chi connectivity index (χ2n) is 4.76. The quantitative estimate of drug-likeness (QED) is 0.478. The maximum atomic E-state index is 12.2. The van der Waals surface area contributed by atoms with Crippen molar-refractivity contribution < 1.29 is 14.3 Å². The zero-order valence-corrected chi connectivity index (χ0v) is 12.1. The van der Waals surface area contributed by atoms with Gasteiger partial charge in [-0.25, -0.2) is 4.79 Å². The van der Waals surface area contributed by atoms with Crippen LogP contribution in [0.15, 0.2) is 24.4 Å². The van der Waals surface area contributed by atoms with Crippen molar-refractivity contribution in [1.82, 2.24) is 4.57 Å². The number of aryl methyl sites for hydroxylation is 2. The van der Waals surface area contributed by atoms with Gasteiger partial charge in [-0.1, -0.05) is 25.1 Å². The molecule has 0 radical (unpaired) electrons. The van der Waals surface area contributed by atoms with Crippen molar-refractivity contribution in [2.24, 2.45) is 0 Å². The van der Waals surface area contributed by atoms with Crippen LogP contribution in [0, 0.1) is 6.92 Å². The Balaban J connectivity index is 2.47. The lowest BCUT2D eigenvalue weighted by atomic mass is 10.1. The van der Waals surface area contributed by atoms with Crippen molar-refractivity contribution in [2.75, 3.05) is 6.61 Å². The number of aromatic nitrogens is 1. The van der Waals surface area contributed by atoms with Crippen molar-refractivity contribution in [3.8, 4) is 0 Å². The predicted molar refractivity (Wildman–Crippen MR) is 77.9 cm³/mol. The summed E-state index contributed by atoms with van der Waals surface area (Å²) in [6.45, 7) is 6.92. The lowest BCUT2D eigenvalue weighted by Gasteiger charge is -2.03. The molecule has 0 amide bonds. The summed E-state index contributed by atoms with van der Waals surface area (Å²) in [5.74, 6) is -1.34. The molecular weight excluding hydrogens is 254 g/mol. The first-order chi connectivity index (χ1) is 9.60. The number of Topliss-reactive ketones (excluding diaryl/α,β-unsaturated/α-hetero) is 1. The Hall–Kier alpha value is -2.10. The van der Waals surface area contributed by atoms with Gasteiger partial charge >= 0.3 is 5.97 Å². The van der Waals surface area contributed by atoms with Gasteiger partial charge in [-0.3, -0.25) is 4.79 Å². The van der Waals surface area contributed by atoms with Gasteiger partial charge in [0, 0.05) is 18.1 Å². The van der Waals surface area contributed by atoms with Crippen LogP contribution < -0.4 is 0 Å². The molecule has 4 nitrogen and oxygen atoms in total. The number of carbonyl (C=O) groups is 2. The van der Waals surface area contributed by atoms with E-state index in [1.165, 1.54) is 0 Å². The normalized spacial score (nSPS) is 10.8. The van der Waals surface area contributed by atoms with Crippen LogP contribution in [0.4, 0.5) is 0 Å². The van der Waals surface area contributed by atoms with Gasteiger partial charge in [0.2, 0.25) is 0 Å². The molecule has 0 unspecified atom stereocenters. The standard InChI is InChI=1S/C16H19NO3/c1-4-9-20-16(19)15(18)13-10-17(5-2)14-11(3)7-6-8-12(13)14/h6-8,10H,4-5,9H2,1-3H3. The van der Waals surface area contributed by atoms with E-state index in [-0.39, 0.29) is 6.61 Å². The Morgan fingerprint density at radius 2 is 2.00 bits per heavy atom. The molecule has 0 aliphatic carbocycles. The first kappa shape index (κ1) is 14.3. The highest BCUT2D eigenvalue weighted by Crippen LogP contribution is 2.25. The Morgan fingerprint density at radius 3 is 2.65 bits per heavy atom. The van der Waals surface area contributed by atoms with Gasteiger partial charge in [-0.2, -0.15) is 0 Å². The van der Waals surface area contributed by atoms with Crippen LogP contribution in [-0.4, -0.2) is 22.9 Å². The molecule has 0 saturated carbocycles. The number of fused-ring (bicyclic) bond motifs is 1. The fraction of sp³-hybridized carbons (Fsp3) is 0.375. The van der Waals surface area contributed by atoms with Crippen LogP contribution in [0.25, 0.3) is 10.9 Å². The van der Waals surface area contributed by atoms with E-state index in [1.54, 1.807) is 6.20 Å². The highest BCUT2D eigenvalue weighted by Gasteiger charge is 2.23. The van der Waals surface area contributed by atoms with E-state index in [9.17, 15) is 9.59 Å². The van der Waals surface area contributed by atoms with Crippen LogP contribution in [0.1, 0.15) is 36.2 Å². The Bertz CT molecular complexity index is 655. The fourth-order valence-corrected chi connectivity index (χ4v) is 2.35. The van der Waals surface area contributed by atoms with Gasteiger partial charge in [0.15, 0.2) is 0 Å². The second kappa shape index (κ2) is 5.90. The third-order valence-electron chi connectivity index (χ3n) is 3.31. The lowest BCUT2D eigenvalue weighted by molar-refractivity contribution is -0.138. The molecule has 0 aliphatic rings. The third-order valence-corrected chi connectivity index (χ3v) is 3.31. The number of carbonyl (C=O) groups excluding carboxylic acids is 2. The molecule has 2 aromatic rings. The monoisotopic (exact) mass is 273 g/mol. The number of ketones is 1. The summed E-state index contributed by atoms with van der Waals surface area (Å²) >= 11 is 0. The van der Waals surface area contributed by atoms with Gasteiger partial charge in [0.05, 0.1) is 17.7 Å². The molecule has 0 N–H and O–H groups in total. The largest absolute Gasteiger partial charge is 0.460 e. The summed E-state index contributed by atoms with van der Waals surface area (Å²) in [7, 11) is 0. The Labute approximate surface area is 118 Å². The van der Waals surface area contributed by atoms with Crippen molar-refractivity contribution in [3.63, 3.8) is 0 Å². The molecule has 0 saturated heterocycles. The number of hydrogen-bond acceptors (Lipinski definition) is 3. The molecule has 4 heteroatoms. The number of ether oxygens (including phenoxy) is 1. The number of hydrogen-bond donors (Lipinski definition) is 0. The summed E-state index contributed by atoms with van der Waals surface area (Å²) in [5, 5.41) is 0.810. The first-order valence-electron chi connectivity index (χ1n) is 6.90. The predicted octanol–water partition coefficient (Wildman–Crippen LogP) is 3.11. The van der Waals surface area contributed by atoms with Crippen molar-refractivity contribution in [3.05, 3.63) is 35.5 Å². The second-order valence-corrected chi connectivity index (χ2v) is 4.76. The molecular formula is C16H19NO3. The summed E-state index contributed by atoms with van der Waals surface area (Å²) in [5.41, 5.74) is 2.51. The molecule has 1 aromatic heterocycles. The Kier molecular flexibility index (Phi) is 4.23. The number of rotatable bonds is 5. The SMILES string of the molecule is CCCOC(=O)C(=O)c1cn(CC)c2c(C)cccc12. The van der Waals surface area contributed by atoms with E-state index in [0.29, 0.717) is 12.0 Å². The molecule has 0 spiro atoms. The molecule has 1 aromatic carbocycles. The molecule has 0 aliphatic heterocycles. The average Bonchev–Trinajstić information content (AvgIpc) is 2.84. The summed E-state index contributed by atoms with van der Waals surface area (Å²) in [6, 6.07) is 5.76. The van der Waals surface area contributed by atoms with Gasteiger partial charge in [0.1, 0.15) is 0 Å². The number of para-hydroxylation sites is 1. The van der Waals surface area contributed by atoms with Gasteiger partial charge < -0.3 is 9.30 Å². The highest BCUT2D eigenvalue weighted by molar-refractivity contribution is 6.43. The summed E-state index contributed by atoms with van der Waals surface area (Å²) < 4.78 is 6.92. The minimum atomic E-state index is -0.775. The molecule has 0 atom stereocenters. The number of nitrogens with zero attached hydrogens (tertiary/aromatic N) is 1. The van der Waals surface area contributed by atoms with Crippen LogP contribution in [0.3, 0.4) is 0 Å². The maximum Gasteiger partial charge on any atom is 0.379 e. The van der Waals surface area contributed by atoms with Gasteiger partial charge in [0.25, 0.3) is 5.78 Å². The van der Waals surface area contributed by atoms with E-state index in [1.807, 2.05) is 43.5 Å². The summed E-state index contributed by atoms with van der Waals surface area (Å²) in [6.07, 6.45) is 2.45. The minimum absolute atomic E-state index is 0.274. The molecule has 2 rings (SSSR count). The van der Waals surface area contributed by atoms with Crippen molar-refractivity contribution in [2.45, 2.75) is 33.7 Å². The molecule has 0 fully saturated rings. The van der Waals surface area contributed by atoms with E-state index < -0.39 is 11.8 Å². The lowest BCUT2D eigenvalue weighted by Crippen LogP contribution is -2.17. The zero-order valence-electron chi connectivity index (χ0n) is 12.1. The van der Waals surface area contributed by atoms with Crippen LogP contribution >= 0.6 is 0 Å². The minimum Gasteiger partial charge on any atom is -0.460 e. The average molecular weight is 273 g/mol. The maximum absolute atomic E-state index is 12.2. The number of benzene rings is 1. The molecule has 20 heavy (non-hydrogen) atoms. The number of esters is 1. The van der Waals surface area contributed by atoms with Gasteiger partial charge in [-0.15, -0.1) is 0 Å². The topological polar surface area (TPSA) is 48.3 Å². The smallest absolute Gasteiger partial charge is 0.379 e. The van der Waals surface area contributed by atoms with Crippen LogP contribution in [0.5, 0.6) is 0 Å².